The van der Waals surface area contributed by atoms with Gasteiger partial charge in [-0.3, -0.25) is 9.69 Å². The molecule has 0 saturated carbocycles. The minimum absolute atomic E-state index is 0.171. The van der Waals surface area contributed by atoms with Gasteiger partial charge >= 0.3 is 0 Å². The van der Waals surface area contributed by atoms with Gasteiger partial charge in [-0.25, -0.2) is 0 Å². The normalized spacial score (nSPS) is 20.9. The van der Waals surface area contributed by atoms with E-state index in [0.29, 0.717) is 6.04 Å². The SMILES string of the molecule is COc1ccc2c(c1)C(N1CCN(C(=O)c3ccsc3)CC1)CC2. The van der Waals surface area contributed by atoms with Crippen molar-refractivity contribution in [3.63, 3.8) is 0 Å². The van der Waals surface area contributed by atoms with E-state index in [1.54, 1.807) is 18.4 Å². The Bertz CT molecular complexity index is 721. The van der Waals surface area contributed by atoms with E-state index in [0.717, 1.165) is 43.9 Å². The minimum Gasteiger partial charge on any atom is -0.497 e. The number of ether oxygens (including phenoxy) is 1. The van der Waals surface area contributed by atoms with Crippen LogP contribution in [0, 0.1) is 0 Å². The summed E-state index contributed by atoms with van der Waals surface area (Å²) in [6, 6.07) is 8.83. The van der Waals surface area contributed by atoms with E-state index in [1.807, 2.05) is 21.7 Å². The van der Waals surface area contributed by atoms with E-state index in [1.165, 1.54) is 17.5 Å². The van der Waals surface area contributed by atoms with Crippen LogP contribution in [-0.4, -0.2) is 49.0 Å². The van der Waals surface area contributed by atoms with Crippen molar-refractivity contribution in [2.75, 3.05) is 33.3 Å². The van der Waals surface area contributed by atoms with Gasteiger partial charge in [0, 0.05) is 37.6 Å². The van der Waals surface area contributed by atoms with Crippen molar-refractivity contribution in [3.05, 3.63) is 51.7 Å². The molecule has 5 heteroatoms. The number of hydrogen-bond acceptors (Lipinski definition) is 4. The molecule has 1 fully saturated rings. The fourth-order valence-corrected chi connectivity index (χ4v) is 4.50. The van der Waals surface area contributed by atoms with Crippen molar-refractivity contribution >= 4 is 17.2 Å². The third-order valence-electron chi connectivity index (χ3n) is 5.21. The number of rotatable bonds is 3. The summed E-state index contributed by atoms with van der Waals surface area (Å²) in [6.07, 6.45) is 2.30. The Kier molecular flexibility index (Phi) is 4.29. The fraction of sp³-hybridized carbons (Fsp3) is 0.421. The largest absolute Gasteiger partial charge is 0.497 e. The van der Waals surface area contributed by atoms with Crippen molar-refractivity contribution in [1.29, 1.82) is 0 Å². The molecule has 1 saturated heterocycles. The van der Waals surface area contributed by atoms with Crippen molar-refractivity contribution < 1.29 is 9.53 Å². The first-order valence-electron chi connectivity index (χ1n) is 8.48. The Morgan fingerprint density at radius 2 is 2.04 bits per heavy atom. The lowest BCUT2D eigenvalue weighted by Gasteiger charge is -2.38. The lowest BCUT2D eigenvalue weighted by molar-refractivity contribution is 0.0568. The minimum atomic E-state index is 0.171. The number of hydrogen-bond donors (Lipinski definition) is 0. The number of amides is 1. The second kappa shape index (κ2) is 6.57. The summed E-state index contributed by atoms with van der Waals surface area (Å²) in [5.74, 6) is 1.11. The number of nitrogens with zero attached hydrogens (tertiary/aromatic N) is 2. The van der Waals surface area contributed by atoms with Gasteiger partial charge in [0.1, 0.15) is 5.75 Å². The third-order valence-corrected chi connectivity index (χ3v) is 5.89. The van der Waals surface area contributed by atoms with Crippen LogP contribution in [0.4, 0.5) is 0 Å². The molecule has 1 amide bonds. The highest BCUT2D eigenvalue weighted by Crippen LogP contribution is 2.38. The van der Waals surface area contributed by atoms with Crippen LogP contribution in [0.2, 0.25) is 0 Å². The van der Waals surface area contributed by atoms with Gasteiger partial charge in [0.2, 0.25) is 0 Å². The van der Waals surface area contributed by atoms with Gasteiger partial charge in [-0.05, 0) is 47.5 Å². The molecule has 1 aromatic carbocycles. The van der Waals surface area contributed by atoms with Crippen molar-refractivity contribution in [3.8, 4) is 5.75 Å². The predicted molar refractivity (Wildman–Crippen MR) is 95.9 cm³/mol. The van der Waals surface area contributed by atoms with Gasteiger partial charge in [0.15, 0.2) is 0 Å². The zero-order valence-electron chi connectivity index (χ0n) is 13.9. The van der Waals surface area contributed by atoms with Gasteiger partial charge in [-0.1, -0.05) is 6.07 Å². The average molecular weight is 342 g/mol. The molecule has 24 heavy (non-hydrogen) atoms. The van der Waals surface area contributed by atoms with Crippen molar-refractivity contribution in [1.82, 2.24) is 9.80 Å². The molecular formula is C19H22N2O2S. The molecule has 126 valence electrons. The first-order valence-corrected chi connectivity index (χ1v) is 9.43. The molecule has 1 aromatic heterocycles. The summed E-state index contributed by atoms with van der Waals surface area (Å²) in [6.45, 7) is 3.50. The van der Waals surface area contributed by atoms with E-state index in [4.69, 9.17) is 4.74 Å². The van der Waals surface area contributed by atoms with E-state index >= 15 is 0 Å². The summed E-state index contributed by atoms with van der Waals surface area (Å²) in [7, 11) is 1.72. The smallest absolute Gasteiger partial charge is 0.254 e. The summed E-state index contributed by atoms with van der Waals surface area (Å²) in [5.41, 5.74) is 3.67. The first-order chi connectivity index (χ1) is 11.8. The van der Waals surface area contributed by atoms with Crippen LogP contribution >= 0.6 is 11.3 Å². The number of piperazine rings is 1. The quantitative estimate of drug-likeness (QED) is 0.859. The van der Waals surface area contributed by atoms with Crippen molar-refractivity contribution in [2.24, 2.45) is 0 Å². The Labute approximate surface area is 146 Å². The second-order valence-corrected chi connectivity index (χ2v) is 7.24. The molecule has 1 aliphatic heterocycles. The van der Waals surface area contributed by atoms with E-state index < -0.39 is 0 Å². The molecule has 0 spiro atoms. The molecule has 4 rings (SSSR count). The van der Waals surface area contributed by atoms with Crippen LogP contribution in [0.3, 0.4) is 0 Å². The zero-order valence-corrected chi connectivity index (χ0v) is 14.7. The lowest BCUT2D eigenvalue weighted by atomic mass is 10.1. The molecule has 2 aliphatic rings. The number of methoxy groups -OCH3 is 1. The summed E-state index contributed by atoms with van der Waals surface area (Å²) in [5, 5.41) is 3.90. The summed E-state index contributed by atoms with van der Waals surface area (Å²) < 4.78 is 5.39. The Morgan fingerprint density at radius 3 is 2.75 bits per heavy atom. The van der Waals surface area contributed by atoms with Crippen molar-refractivity contribution in [2.45, 2.75) is 18.9 Å². The van der Waals surface area contributed by atoms with Crippen LogP contribution in [0.25, 0.3) is 0 Å². The summed E-state index contributed by atoms with van der Waals surface area (Å²) >= 11 is 1.58. The number of fused-ring (bicyclic) bond motifs is 1. The molecule has 1 aliphatic carbocycles. The van der Waals surface area contributed by atoms with Gasteiger partial charge in [-0.2, -0.15) is 11.3 Å². The third kappa shape index (κ3) is 2.82. The molecule has 1 atom stereocenters. The number of thiophene rings is 1. The maximum absolute atomic E-state index is 12.5. The molecule has 4 nitrogen and oxygen atoms in total. The topological polar surface area (TPSA) is 32.8 Å². The first kappa shape index (κ1) is 15.7. The van der Waals surface area contributed by atoms with E-state index in [-0.39, 0.29) is 5.91 Å². The Morgan fingerprint density at radius 1 is 1.21 bits per heavy atom. The average Bonchev–Trinajstić information content (AvgIpc) is 3.30. The number of aryl methyl sites for hydroxylation is 1. The highest BCUT2D eigenvalue weighted by atomic mass is 32.1. The zero-order chi connectivity index (χ0) is 16.5. The highest BCUT2D eigenvalue weighted by Gasteiger charge is 2.31. The molecule has 2 aromatic rings. The van der Waals surface area contributed by atoms with E-state index in [2.05, 4.69) is 23.1 Å². The van der Waals surface area contributed by atoms with Crippen LogP contribution < -0.4 is 4.74 Å². The lowest BCUT2D eigenvalue weighted by Crippen LogP contribution is -2.49. The number of benzene rings is 1. The standard InChI is InChI=1S/C19H22N2O2S/c1-23-16-4-2-14-3-5-18(17(14)12-16)20-7-9-21(10-8-20)19(22)15-6-11-24-13-15/h2,4,6,11-13,18H,3,5,7-10H2,1H3. The van der Waals surface area contributed by atoms with Gasteiger partial charge < -0.3 is 9.64 Å². The van der Waals surface area contributed by atoms with Crippen LogP contribution in [-0.2, 0) is 6.42 Å². The molecule has 2 heterocycles. The van der Waals surface area contributed by atoms with Gasteiger partial charge in [0.05, 0.1) is 12.7 Å². The van der Waals surface area contributed by atoms with Crippen LogP contribution in [0.15, 0.2) is 35.0 Å². The Hall–Kier alpha value is -1.85. The van der Waals surface area contributed by atoms with Gasteiger partial charge in [0.25, 0.3) is 5.91 Å². The Balaban J connectivity index is 1.43. The van der Waals surface area contributed by atoms with E-state index in [9.17, 15) is 4.79 Å². The predicted octanol–water partition coefficient (Wildman–Crippen LogP) is 3.20. The maximum atomic E-state index is 12.5. The fourth-order valence-electron chi connectivity index (χ4n) is 3.87. The monoisotopic (exact) mass is 342 g/mol. The molecule has 1 unspecified atom stereocenters. The maximum Gasteiger partial charge on any atom is 0.254 e. The van der Waals surface area contributed by atoms with Crippen LogP contribution in [0.5, 0.6) is 5.75 Å². The van der Waals surface area contributed by atoms with Gasteiger partial charge in [-0.15, -0.1) is 0 Å². The molecule has 0 N–H and O–H groups in total. The summed E-state index contributed by atoms with van der Waals surface area (Å²) in [4.78, 5) is 17.0. The molecular weight excluding hydrogens is 320 g/mol. The number of carbonyl (C=O) groups excluding carboxylic acids is 1. The highest BCUT2D eigenvalue weighted by molar-refractivity contribution is 7.08. The second-order valence-electron chi connectivity index (χ2n) is 6.46. The number of carbonyl (C=O) groups is 1. The molecule has 0 bridgehead atoms. The van der Waals surface area contributed by atoms with Crippen LogP contribution in [0.1, 0.15) is 33.9 Å². The molecule has 0 radical (unpaired) electrons.